The molecule has 0 bridgehead atoms. The first-order valence-electron chi connectivity index (χ1n) is 4.48. The summed E-state index contributed by atoms with van der Waals surface area (Å²) in [6.07, 6.45) is 0.354. The van der Waals surface area contributed by atoms with E-state index in [2.05, 4.69) is 10.6 Å². The van der Waals surface area contributed by atoms with Crippen LogP contribution < -0.4 is 10.6 Å². The zero-order chi connectivity index (χ0) is 9.68. The number of nitrogens with one attached hydrogen (secondary N) is 2. The highest BCUT2D eigenvalue weighted by molar-refractivity contribution is 5.74. The van der Waals surface area contributed by atoms with Gasteiger partial charge in [0.05, 0.1) is 18.8 Å². The van der Waals surface area contributed by atoms with Gasteiger partial charge < -0.3 is 20.5 Å². The molecule has 1 rings (SSSR count). The molecule has 0 aromatic rings. The second-order valence-electron chi connectivity index (χ2n) is 3.26. The van der Waals surface area contributed by atoms with Gasteiger partial charge in [0.15, 0.2) is 0 Å². The van der Waals surface area contributed by atoms with Crippen molar-refractivity contribution in [1.82, 2.24) is 10.6 Å². The quantitative estimate of drug-likeness (QED) is 0.557. The third-order valence-corrected chi connectivity index (χ3v) is 1.82. The average Bonchev–Trinajstić information content (AvgIpc) is 2.53. The van der Waals surface area contributed by atoms with Gasteiger partial charge >= 0.3 is 6.03 Å². The van der Waals surface area contributed by atoms with Crippen molar-refractivity contribution >= 4 is 6.03 Å². The minimum atomic E-state index is -0.509. The van der Waals surface area contributed by atoms with Gasteiger partial charge in [-0.3, -0.25) is 0 Å². The maximum atomic E-state index is 11.1. The van der Waals surface area contributed by atoms with Gasteiger partial charge in [0.1, 0.15) is 0 Å². The van der Waals surface area contributed by atoms with Gasteiger partial charge in [-0.1, -0.05) is 0 Å². The average molecular weight is 188 g/mol. The molecular weight excluding hydrogens is 172 g/mol. The first kappa shape index (κ1) is 10.3. The summed E-state index contributed by atoms with van der Waals surface area (Å²) < 4.78 is 5.09. The normalized spacial score (nSPS) is 24.0. The Morgan fingerprint density at radius 2 is 2.54 bits per heavy atom. The van der Waals surface area contributed by atoms with E-state index in [9.17, 15) is 4.79 Å². The van der Waals surface area contributed by atoms with Crippen LogP contribution in [0.4, 0.5) is 4.79 Å². The Morgan fingerprint density at radius 1 is 1.77 bits per heavy atom. The van der Waals surface area contributed by atoms with E-state index in [0.717, 1.165) is 6.42 Å². The van der Waals surface area contributed by atoms with Crippen molar-refractivity contribution in [3.05, 3.63) is 0 Å². The molecule has 1 fully saturated rings. The molecule has 5 heteroatoms. The zero-order valence-electron chi connectivity index (χ0n) is 7.75. The predicted molar refractivity (Wildman–Crippen MR) is 47.4 cm³/mol. The number of rotatable bonds is 3. The molecule has 1 aliphatic rings. The lowest BCUT2D eigenvalue weighted by atomic mass is 10.3. The predicted octanol–water partition coefficient (Wildman–Crippen LogP) is -0.545. The van der Waals surface area contributed by atoms with E-state index in [0.29, 0.717) is 13.2 Å². The lowest BCUT2D eigenvalue weighted by molar-refractivity contribution is 0.181. The van der Waals surface area contributed by atoms with E-state index in [1.54, 1.807) is 6.92 Å². The van der Waals surface area contributed by atoms with Gasteiger partial charge in [0.2, 0.25) is 0 Å². The number of aliphatic hydroxyl groups excluding tert-OH is 1. The van der Waals surface area contributed by atoms with Crippen molar-refractivity contribution in [2.45, 2.75) is 25.5 Å². The van der Waals surface area contributed by atoms with Crippen LogP contribution in [0.2, 0.25) is 0 Å². The van der Waals surface area contributed by atoms with Crippen molar-refractivity contribution in [2.24, 2.45) is 0 Å². The van der Waals surface area contributed by atoms with E-state index < -0.39 is 6.10 Å². The molecule has 0 saturated carbocycles. The maximum Gasteiger partial charge on any atom is 0.315 e. The van der Waals surface area contributed by atoms with Crippen LogP contribution in [0.15, 0.2) is 0 Å². The minimum Gasteiger partial charge on any atom is -0.392 e. The number of carbonyl (C=O) groups is 1. The molecule has 1 heterocycles. The SMILES string of the molecule is CC(O)CNC(=O)NC1CCOC1. The molecular formula is C8H16N2O3. The van der Waals surface area contributed by atoms with Crippen molar-refractivity contribution in [2.75, 3.05) is 19.8 Å². The highest BCUT2D eigenvalue weighted by Crippen LogP contribution is 2.02. The molecule has 5 nitrogen and oxygen atoms in total. The molecule has 76 valence electrons. The van der Waals surface area contributed by atoms with Gasteiger partial charge in [-0.15, -0.1) is 0 Å². The first-order chi connectivity index (χ1) is 6.18. The smallest absolute Gasteiger partial charge is 0.315 e. The third kappa shape index (κ3) is 4.10. The molecule has 0 aromatic carbocycles. The van der Waals surface area contributed by atoms with E-state index in [-0.39, 0.29) is 18.6 Å². The fraction of sp³-hybridized carbons (Fsp3) is 0.875. The third-order valence-electron chi connectivity index (χ3n) is 1.82. The molecule has 0 radical (unpaired) electrons. The maximum absolute atomic E-state index is 11.1. The Labute approximate surface area is 77.5 Å². The van der Waals surface area contributed by atoms with Crippen molar-refractivity contribution < 1.29 is 14.6 Å². The monoisotopic (exact) mass is 188 g/mol. The van der Waals surface area contributed by atoms with Gasteiger partial charge in [-0.2, -0.15) is 0 Å². The number of carbonyl (C=O) groups excluding carboxylic acids is 1. The molecule has 3 N–H and O–H groups in total. The Bertz CT molecular complexity index is 167. The first-order valence-corrected chi connectivity index (χ1v) is 4.48. The van der Waals surface area contributed by atoms with E-state index >= 15 is 0 Å². The van der Waals surface area contributed by atoms with Gasteiger partial charge in [0, 0.05) is 13.2 Å². The minimum absolute atomic E-state index is 0.119. The van der Waals surface area contributed by atoms with Crippen molar-refractivity contribution in [1.29, 1.82) is 0 Å². The number of urea groups is 1. The largest absolute Gasteiger partial charge is 0.392 e. The molecule has 2 atom stereocenters. The Morgan fingerprint density at radius 3 is 3.08 bits per heavy atom. The molecule has 0 aliphatic carbocycles. The van der Waals surface area contributed by atoms with Gasteiger partial charge in [-0.25, -0.2) is 4.79 Å². The summed E-state index contributed by atoms with van der Waals surface area (Å²) >= 11 is 0. The molecule has 0 aromatic heterocycles. The lowest BCUT2D eigenvalue weighted by Gasteiger charge is -2.12. The van der Waals surface area contributed by atoms with E-state index in [4.69, 9.17) is 9.84 Å². The summed E-state index contributed by atoms with van der Waals surface area (Å²) in [5, 5.41) is 14.2. The van der Waals surface area contributed by atoms with E-state index in [1.807, 2.05) is 0 Å². The van der Waals surface area contributed by atoms with Crippen LogP contribution in [0.25, 0.3) is 0 Å². The molecule has 1 saturated heterocycles. The lowest BCUT2D eigenvalue weighted by Crippen LogP contribution is -2.44. The standard InChI is InChI=1S/C8H16N2O3/c1-6(11)4-9-8(12)10-7-2-3-13-5-7/h6-7,11H,2-5H2,1H3,(H2,9,10,12). The second kappa shape index (κ2) is 5.04. The van der Waals surface area contributed by atoms with Gasteiger partial charge in [0.25, 0.3) is 0 Å². The summed E-state index contributed by atoms with van der Waals surface area (Å²) in [4.78, 5) is 11.1. The number of ether oxygens (including phenoxy) is 1. The molecule has 2 amide bonds. The Balaban J connectivity index is 2.09. The Hall–Kier alpha value is -0.810. The van der Waals surface area contributed by atoms with Crippen LogP contribution in [-0.4, -0.2) is 43.0 Å². The fourth-order valence-corrected chi connectivity index (χ4v) is 1.13. The highest BCUT2D eigenvalue weighted by Gasteiger charge is 2.17. The number of aliphatic hydroxyl groups is 1. The summed E-state index contributed by atoms with van der Waals surface area (Å²) in [6, 6.07) is -0.120. The van der Waals surface area contributed by atoms with Crippen LogP contribution in [0.5, 0.6) is 0 Å². The fourth-order valence-electron chi connectivity index (χ4n) is 1.13. The summed E-state index contributed by atoms with van der Waals surface area (Å²) in [5.74, 6) is 0. The summed E-state index contributed by atoms with van der Waals surface area (Å²) in [6.45, 7) is 3.20. The zero-order valence-corrected chi connectivity index (χ0v) is 7.75. The highest BCUT2D eigenvalue weighted by atomic mass is 16.5. The molecule has 2 unspecified atom stereocenters. The van der Waals surface area contributed by atoms with Crippen LogP contribution in [0, 0.1) is 0 Å². The van der Waals surface area contributed by atoms with E-state index in [1.165, 1.54) is 0 Å². The van der Waals surface area contributed by atoms with Gasteiger partial charge in [-0.05, 0) is 13.3 Å². The van der Waals surface area contributed by atoms with Crippen LogP contribution in [0.3, 0.4) is 0 Å². The number of hydrogen-bond acceptors (Lipinski definition) is 3. The number of hydrogen-bond donors (Lipinski definition) is 3. The van der Waals surface area contributed by atoms with Crippen LogP contribution in [0.1, 0.15) is 13.3 Å². The topological polar surface area (TPSA) is 70.6 Å². The van der Waals surface area contributed by atoms with Crippen LogP contribution in [-0.2, 0) is 4.74 Å². The van der Waals surface area contributed by atoms with Crippen LogP contribution >= 0.6 is 0 Å². The second-order valence-corrected chi connectivity index (χ2v) is 3.26. The molecule has 13 heavy (non-hydrogen) atoms. The summed E-state index contributed by atoms with van der Waals surface area (Å²) in [5.41, 5.74) is 0. The Kier molecular flexibility index (Phi) is 3.98. The van der Waals surface area contributed by atoms with Crippen molar-refractivity contribution in [3.8, 4) is 0 Å². The number of amides is 2. The summed E-state index contributed by atoms with van der Waals surface area (Å²) in [7, 11) is 0. The molecule has 1 aliphatic heterocycles. The molecule has 0 spiro atoms. The van der Waals surface area contributed by atoms with Crippen molar-refractivity contribution in [3.63, 3.8) is 0 Å².